The summed E-state index contributed by atoms with van der Waals surface area (Å²) >= 11 is 0. The minimum atomic E-state index is -3.03. The van der Waals surface area contributed by atoms with Gasteiger partial charge in [0.2, 0.25) is 0 Å². The summed E-state index contributed by atoms with van der Waals surface area (Å²) in [5, 5.41) is 3.94. The number of rotatable bonds is 5. The van der Waals surface area contributed by atoms with Crippen LogP contribution in [0.25, 0.3) is 16.5 Å². The summed E-state index contributed by atoms with van der Waals surface area (Å²) in [5.74, 6) is -0.465. The molecular formula is C20H26N4O3S. The number of nitrogens with two attached hydrogens (primary N) is 1. The highest BCUT2D eigenvalue weighted by molar-refractivity contribution is 7.91. The summed E-state index contributed by atoms with van der Waals surface area (Å²) in [6.07, 6.45) is 5.13. The van der Waals surface area contributed by atoms with Gasteiger partial charge in [0.25, 0.3) is 5.91 Å². The Balaban J connectivity index is 1.75. The molecular weight excluding hydrogens is 376 g/mol. The van der Waals surface area contributed by atoms with Crippen molar-refractivity contribution in [2.45, 2.75) is 30.6 Å². The fourth-order valence-electron chi connectivity index (χ4n) is 4.08. The van der Waals surface area contributed by atoms with E-state index in [4.69, 9.17) is 5.73 Å². The number of amides is 1. The zero-order valence-corrected chi connectivity index (χ0v) is 17.0. The van der Waals surface area contributed by atoms with Gasteiger partial charge in [0.15, 0.2) is 9.84 Å². The van der Waals surface area contributed by atoms with Gasteiger partial charge in [-0.25, -0.2) is 8.42 Å². The van der Waals surface area contributed by atoms with E-state index in [1.54, 1.807) is 6.07 Å². The van der Waals surface area contributed by atoms with Crippen molar-refractivity contribution < 1.29 is 13.2 Å². The molecule has 1 atom stereocenters. The number of allylic oxidation sites excluding steroid dienone is 2. The minimum absolute atomic E-state index is 0.311. The summed E-state index contributed by atoms with van der Waals surface area (Å²) in [6.45, 7) is 1.87. The molecule has 1 amide bonds. The Morgan fingerprint density at radius 1 is 1.29 bits per heavy atom. The SMILES string of the molecule is CN(c1ccc(C(N)=O)c2[nH]c(C3=CCC(S(C)(=O)=O)CC3)cc12)C1CNC1. The highest BCUT2D eigenvalue weighted by atomic mass is 32.2. The number of sulfone groups is 1. The Hall–Kier alpha value is -2.32. The van der Waals surface area contributed by atoms with Crippen LogP contribution < -0.4 is 16.0 Å². The molecule has 28 heavy (non-hydrogen) atoms. The Morgan fingerprint density at radius 2 is 2.04 bits per heavy atom. The normalized spacial score (nSPS) is 20.6. The maximum atomic E-state index is 11.9. The average molecular weight is 403 g/mol. The number of H-pyrrole nitrogens is 1. The number of hydrogen-bond donors (Lipinski definition) is 3. The molecule has 2 aromatic rings. The fourth-order valence-corrected chi connectivity index (χ4v) is 5.07. The first-order valence-corrected chi connectivity index (χ1v) is 11.5. The molecule has 0 radical (unpaired) electrons. The standard InChI is InChI=1S/C20H26N4O3S/c1-24(13-10-22-11-13)18-8-7-15(20(21)25)19-16(18)9-17(23-19)12-3-5-14(6-4-12)28(2,26)27/h3,7-9,13-14,22-23H,4-6,10-11H2,1-2H3,(H2,21,25). The van der Waals surface area contributed by atoms with Crippen LogP contribution in [-0.4, -0.2) is 57.0 Å². The second kappa shape index (κ2) is 6.93. The quantitative estimate of drug-likeness (QED) is 0.705. The Morgan fingerprint density at radius 3 is 2.57 bits per heavy atom. The van der Waals surface area contributed by atoms with Gasteiger partial charge < -0.3 is 20.9 Å². The third-order valence-electron chi connectivity index (χ3n) is 6.04. The molecule has 8 heteroatoms. The number of aromatic nitrogens is 1. The average Bonchev–Trinajstić information content (AvgIpc) is 3.03. The molecule has 1 aromatic heterocycles. The van der Waals surface area contributed by atoms with Gasteiger partial charge in [-0.05, 0) is 43.0 Å². The van der Waals surface area contributed by atoms with Gasteiger partial charge in [0.05, 0.1) is 22.4 Å². The van der Waals surface area contributed by atoms with E-state index in [0.717, 1.165) is 40.9 Å². The third-order valence-corrected chi connectivity index (χ3v) is 7.68. The molecule has 2 heterocycles. The predicted octanol–water partition coefficient (Wildman–Crippen LogP) is 1.66. The molecule has 150 valence electrons. The van der Waals surface area contributed by atoms with Crippen molar-refractivity contribution in [3.05, 3.63) is 35.5 Å². The predicted molar refractivity (Wildman–Crippen MR) is 112 cm³/mol. The Labute approximate surface area is 164 Å². The minimum Gasteiger partial charge on any atom is -0.369 e. The van der Waals surface area contributed by atoms with Crippen molar-refractivity contribution in [3.8, 4) is 0 Å². The molecule has 4 rings (SSSR count). The number of hydrogen-bond acceptors (Lipinski definition) is 5. The van der Waals surface area contributed by atoms with E-state index in [0.29, 0.717) is 30.9 Å². The second-order valence-corrected chi connectivity index (χ2v) is 10.2. The van der Waals surface area contributed by atoms with E-state index < -0.39 is 15.7 Å². The van der Waals surface area contributed by atoms with Crippen molar-refractivity contribution >= 4 is 37.9 Å². The van der Waals surface area contributed by atoms with Crippen LogP contribution in [0.3, 0.4) is 0 Å². The van der Waals surface area contributed by atoms with Crippen molar-refractivity contribution in [1.29, 1.82) is 0 Å². The summed E-state index contributed by atoms with van der Waals surface area (Å²) < 4.78 is 23.6. The topological polar surface area (TPSA) is 108 Å². The van der Waals surface area contributed by atoms with Crippen LogP contribution in [0.4, 0.5) is 5.69 Å². The number of nitrogens with zero attached hydrogens (tertiary/aromatic N) is 1. The number of fused-ring (bicyclic) bond motifs is 1. The van der Waals surface area contributed by atoms with Crippen LogP contribution in [0.1, 0.15) is 35.3 Å². The van der Waals surface area contributed by atoms with Gasteiger partial charge in [-0.1, -0.05) is 6.08 Å². The van der Waals surface area contributed by atoms with Gasteiger partial charge >= 0.3 is 0 Å². The zero-order valence-electron chi connectivity index (χ0n) is 16.2. The van der Waals surface area contributed by atoms with E-state index in [1.165, 1.54) is 6.26 Å². The first-order chi connectivity index (χ1) is 13.3. The number of carbonyl (C=O) groups is 1. The van der Waals surface area contributed by atoms with Crippen molar-refractivity contribution in [2.24, 2.45) is 5.73 Å². The molecule has 1 fully saturated rings. The van der Waals surface area contributed by atoms with Gasteiger partial charge in [0, 0.05) is 43.2 Å². The molecule has 7 nitrogen and oxygen atoms in total. The number of likely N-dealkylation sites (N-methyl/N-ethyl adjacent to an activating group) is 1. The lowest BCUT2D eigenvalue weighted by atomic mass is 9.96. The summed E-state index contributed by atoms with van der Waals surface area (Å²) in [4.78, 5) is 17.5. The molecule has 2 aliphatic rings. The second-order valence-electron chi connectivity index (χ2n) is 7.85. The van der Waals surface area contributed by atoms with Gasteiger partial charge in [0.1, 0.15) is 0 Å². The van der Waals surface area contributed by atoms with Gasteiger partial charge in [-0.3, -0.25) is 4.79 Å². The van der Waals surface area contributed by atoms with Crippen LogP contribution in [0, 0.1) is 0 Å². The highest BCUT2D eigenvalue weighted by Crippen LogP contribution is 2.36. The molecule has 1 aromatic carbocycles. The Bertz CT molecular complexity index is 1070. The summed E-state index contributed by atoms with van der Waals surface area (Å²) in [6, 6.07) is 6.21. The highest BCUT2D eigenvalue weighted by Gasteiger charge is 2.27. The molecule has 4 N–H and O–H groups in total. The van der Waals surface area contributed by atoms with Crippen LogP contribution in [0.2, 0.25) is 0 Å². The Kier molecular flexibility index (Phi) is 4.71. The monoisotopic (exact) mass is 402 g/mol. The van der Waals surface area contributed by atoms with E-state index in [9.17, 15) is 13.2 Å². The van der Waals surface area contributed by atoms with Crippen molar-refractivity contribution in [1.82, 2.24) is 10.3 Å². The van der Waals surface area contributed by atoms with Crippen LogP contribution in [0.5, 0.6) is 0 Å². The van der Waals surface area contributed by atoms with Crippen LogP contribution in [-0.2, 0) is 9.84 Å². The van der Waals surface area contributed by atoms with Crippen LogP contribution in [0.15, 0.2) is 24.3 Å². The first-order valence-electron chi connectivity index (χ1n) is 9.53. The molecule has 0 saturated carbocycles. The van der Waals surface area contributed by atoms with Crippen molar-refractivity contribution in [3.63, 3.8) is 0 Å². The van der Waals surface area contributed by atoms with Crippen LogP contribution >= 0.6 is 0 Å². The van der Waals surface area contributed by atoms with Crippen molar-refractivity contribution in [2.75, 3.05) is 31.3 Å². The maximum absolute atomic E-state index is 11.9. The van der Waals surface area contributed by atoms with E-state index in [2.05, 4.69) is 28.3 Å². The lowest BCUT2D eigenvalue weighted by molar-refractivity contribution is 0.100. The number of carbonyl (C=O) groups excluding carboxylic acids is 1. The molecule has 0 spiro atoms. The molecule has 0 bridgehead atoms. The number of benzene rings is 1. The summed E-state index contributed by atoms with van der Waals surface area (Å²) in [7, 11) is -0.964. The van der Waals surface area contributed by atoms with E-state index >= 15 is 0 Å². The maximum Gasteiger partial charge on any atom is 0.250 e. The fraction of sp³-hybridized carbons (Fsp3) is 0.450. The zero-order chi connectivity index (χ0) is 20.1. The van der Waals surface area contributed by atoms with Gasteiger partial charge in [-0.15, -0.1) is 0 Å². The largest absolute Gasteiger partial charge is 0.369 e. The lowest BCUT2D eigenvalue weighted by Crippen LogP contribution is -2.56. The summed E-state index contributed by atoms with van der Waals surface area (Å²) in [5.41, 5.74) is 9.87. The van der Waals surface area contributed by atoms with E-state index in [-0.39, 0.29) is 5.25 Å². The molecule has 1 aliphatic carbocycles. The van der Waals surface area contributed by atoms with Gasteiger partial charge in [-0.2, -0.15) is 0 Å². The van der Waals surface area contributed by atoms with E-state index in [1.807, 2.05) is 12.1 Å². The molecule has 1 aliphatic heterocycles. The first kappa shape index (κ1) is 19.0. The molecule has 1 unspecified atom stereocenters. The number of aromatic amines is 1. The number of anilines is 1. The molecule has 1 saturated heterocycles. The number of nitrogens with one attached hydrogen (secondary N) is 2. The smallest absolute Gasteiger partial charge is 0.250 e. The number of primary amides is 1. The third kappa shape index (κ3) is 3.31. The lowest BCUT2D eigenvalue weighted by Gasteiger charge is -2.37.